The van der Waals surface area contributed by atoms with Gasteiger partial charge in [0.05, 0.1) is 5.25 Å². The molecular weight excluding hydrogens is 183 g/mol. The van der Waals surface area contributed by atoms with Crippen LogP contribution >= 0.6 is 0 Å². The van der Waals surface area contributed by atoms with Crippen molar-refractivity contribution in [2.75, 3.05) is 26.3 Å². The summed E-state index contributed by atoms with van der Waals surface area (Å²) < 4.78 is 33.5. The lowest BCUT2D eigenvalue weighted by atomic mass is 10.4. The first-order valence-electron chi connectivity index (χ1n) is 3.84. The molecule has 1 aliphatic heterocycles. The summed E-state index contributed by atoms with van der Waals surface area (Å²) in [5.74, 6) is 0. The molecule has 1 aliphatic rings. The Kier molecular flexibility index (Phi) is 3.03. The normalized spacial score (nSPS) is 26.3. The monoisotopic (exact) mass is 196 g/mol. The van der Waals surface area contributed by atoms with Crippen LogP contribution in [0.25, 0.3) is 0 Å². The molecule has 1 atom stereocenters. The van der Waals surface area contributed by atoms with E-state index < -0.39 is 21.9 Å². The van der Waals surface area contributed by atoms with Gasteiger partial charge in [0, 0.05) is 13.1 Å². The van der Waals surface area contributed by atoms with Crippen molar-refractivity contribution in [3.8, 4) is 0 Å². The summed E-state index contributed by atoms with van der Waals surface area (Å²) in [6.45, 7) is 0.886. The van der Waals surface area contributed by atoms with Crippen molar-refractivity contribution in [2.45, 2.75) is 11.7 Å². The second kappa shape index (κ2) is 3.68. The van der Waals surface area contributed by atoms with Crippen molar-refractivity contribution in [3.05, 3.63) is 0 Å². The van der Waals surface area contributed by atoms with Gasteiger partial charge in [-0.05, 0) is 13.0 Å². The van der Waals surface area contributed by atoms with Gasteiger partial charge in [-0.15, -0.1) is 0 Å². The van der Waals surface area contributed by atoms with Crippen LogP contribution in [0, 0.1) is 0 Å². The average Bonchev–Trinajstić information content (AvgIpc) is 2.35. The molecule has 2 N–H and O–H groups in total. The number of halogens is 1. The van der Waals surface area contributed by atoms with E-state index in [1.165, 1.54) is 0 Å². The summed E-state index contributed by atoms with van der Waals surface area (Å²) in [6.07, 6.45) is 0.527. The van der Waals surface area contributed by atoms with Gasteiger partial charge in [-0.3, -0.25) is 4.90 Å². The van der Waals surface area contributed by atoms with E-state index in [4.69, 9.17) is 5.14 Å². The quantitative estimate of drug-likeness (QED) is 0.650. The van der Waals surface area contributed by atoms with E-state index in [0.717, 1.165) is 0 Å². The summed E-state index contributed by atoms with van der Waals surface area (Å²) in [6, 6.07) is 0. The number of hydrogen-bond donors (Lipinski definition) is 1. The minimum Gasteiger partial charge on any atom is -0.299 e. The van der Waals surface area contributed by atoms with E-state index in [2.05, 4.69) is 0 Å². The smallest absolute Gasteiger partial charge is 0.213 e. The van der Waals surface area contributed by atoms with Gasteiger partial charge in [-0.25, -0.2) is 17.9 Å². The van der Waals surface area contributed by atoms with Crippen molar-refractivity contribution in [3.63, 3.8) is 0 Å². The van der Waals surface area contributed by atoms with E-state index >= 15 is 0 Å². The van der Waals surface area contributed by atoms with Gasteiger partial charge in [0.15, 0.2) is 0 Å². The van der Waals surface area contributed by atoms with Gasteiger partial charge < -0.3 is 0 Å². The van der Waals surface area contributed by atoms with E-state index in [-0.39, 0.29) is 0 Å². The highest BCUT2D eigenvalue weighted by Crippen LogP contribution is 2.13. The van der Waals surface area contributed by atoms with Crippen LogP contribution in [0.4, 0.5) is 4.39 Å². The number of likely N-dealkylation sites (tertiary alicyclic amines) is 1. The van der Waals surface area contributed by atoms with Crippen LogP contribution in [-0.4, -0.2) is 44.9 Å². The molecule has 72 valence electrons. The van der Waals surface area contributed by atoms with Crippen LogP contribution in [0.1, 0.15) is 6.42 Å². The number of nitrogens with zero attached hydrogens (tertiary/aromatic N) is 1. The molecule has 1 unspecified atom stereocenters. The molecular formula is C6H13FN2O2S. The molecule has 0 amide bonds. The Morgan fingerprint density at radius 3 is 2.67 bits per heavy atom. The third-order valence-electron chi connectivity index (χ3n) is 2.09. The Hall–Kier alpha value is -0.200. The standard InChI is InChI=1S/C6H13FN2O2S/c7-2-4-9-3-1-6(5-9)12(8,10)11/h6H,1-5H2,(H2,8,10,11). The number of primary sulfonamides is 1. The Labute approximate surface area is 71.6 Å². The van der Waals surface area contributed by atoms with E-state index in [1.807, 2.05) is 0 Å². The molecule has 12 heavy (non-hydrogen) atoms. The van der Waals surface area contributed by atoms with E-state index in [9.17, 15) is 12.8 Å². The van der Waals surface area contributed by atoms with Crippen LogP contribution in [0.3, 0.4) is 0 Å². The molecule has 0 bridgehead atoms. The van der Waals surface area contributed by atoms with Crippen molar-refractivity contribution in [1.29, 1.82) is 0 Å². The molecule has 0 aromatic rings. The summed E-state index contributed by atoms with van der Waals surface area (Å²) in [5, 5.41) is 4.45. The SMILES string of the molecule is NS(=O)(=O)C1CCN(CCF)C1. The number of sulfonamides is 1. The van der Waals surface area contributed by atoms with Crippen molar-refractivity contribution in [2.24, 2.45) is 5.14 Å². The van der Waals surface area contributed by atoms with Crippen molar-refractivity contribution in [1.82, 2.24) is 4.90 Å². The molecule has 1 heterocycles. The maximum atomic E-state index is 11.8. The van der Waals surface area contributed by atoms with Gasteiger partial charge >= 0.3 is 0 Å². The molecule has 6 heteroatoms. The second-order valence-electron chi connectivity index (χ2n) is 2.99. The van der Waals surface area contributed by atoms with Crippen molar-refractivity contribution < 1.29 is 12.8 Å². The molecule has 1 saturated heterocycles. The minimum atomic E-state index is -3.42. The molecule has 0 aliphatic carbocycles. The Balaban J connectivity index is 2.46. The first-order valence-corrected chi connectivity index (χ1v) is 5.45. The average molecular weight is 196 g/mol. The first kappa shape index (κ1) is 9.88. The zero-order valence-electron chi connectivity index (χ0n) is 6.74. The van der Waals surface area contributed by atoms with Crippen molar-refractivity contribution >= 4 is 10.0 Å². The van der Waals surface area contributed by atoms with E-state index in [1.54, 1.807) is 4.90 Å². The van der Waals surface area contributed by atoms with Crippen LogP contribution in [0.2, 0.25) is 0 Å². The number of hydrogen-bond acceptors (Lipinski definition) is 3. The zero-order valence-corrected chi connectivity index (χ0v) is 7.56. The number of alkyl halides is 1. The van der Waals surface area contributed by atoms with E-state index in [0.29, 0.717) is 26.1 Å². The molecule has 4 nitrogen and oxygen atoms in total. The van der Waals surface area contributed by atoms with Gasteiger partial charge in [0.1, 0.15) is 6.67 Å². The highest BCUT2D eigenvalue weighted by atomic mass is 32.2. The summed E-state index contributed by atoms with van der Waals surface area (Å²) in [7, 11) is -3.42. The summed E-state index contributed by atoms with van der Waals surface area (Å²) in [5.41, 5.74) is 0. The third-order valence-corrected chi connectivity index (χ3v) is 3.41. The highest BCUT2D eigenvalue weighted by molar-refractivity contribution is 7.89. The Bertz CT molecular complexity index is 242. The molecule has 0 aromatic heterocycles. The fourth-order valence-electron chi connectivity index (χ4n) is 1.39. The number of nitrogens with two attached hydrogens (primary N) is 1. The second-order valence-corrected chi connectivity index (χ2v) is 4.83. The van der Waals surface area contributed by atoms with Gasteiger partial charge in [0.2, 0.25) is 10.0 Å². The number of rotatable bonds is 3. The maximum absolute atomic E-state index is 11.8. The molecule has 0 saturated carbocycles. The van der Waals surface area contributed by atoms with Crippen LogP contribution in [-0.2, 0) is 10.0 Å². The van der Waals surface area contributed by atoms with Crippen LogP contribution < -0.4 is 5.14 Å². The predicted octanol–water partition coefficient (Wildman–Crippen LogP) is -0.681. The molecule has 1 rings (SSSR count). The van der Waals surface area contributed by atoms with Gasteiger partial charge in [-0.1, -0.05) is 0 Å². The lowest BCUT2D eigenvalue weighted by molar-refractivity contribution is 0.297. The first-order chi connectivity index (χ1) is 5.54. The Morgan fingerprint density at radius 1 is 1.58 bits per heavy atom. The molecule has 0 spiro atoms. The van der Waals surface area contributed by atoms with Crippen LogP contribution in [0.15, 0.2) is 0 Å². The highest BCUT2D eigenvalue weighted by Gasteiger charge is 2.29. The van der Waals surface area contributed by atoms with Crippen LogP contribution in [0.5, 0.6) is 0 Å². The topological polar surface area (TPSA) is 63.4 Å². The summed E-state index contributed by atoms with van der Waals surface area (Å²) >= 11 is 0. The summed E-state index contributed by atoms with van der Waals surface area (Å²) in [4.78, 5) is 1.77. The molecule has 0 aromatic carbocycles. The third kappa shape index (κ3) is 2.40. The Morgan fingerprint density at radius 2 is 2.25 bits per heavy atom. The lowest BCUT2D eigenvalue weighted by Gasteiger charge is -2.12. The van der Waals surface area contributed by atoms with Gasteiger partial charge in [0.25, 0.3) is 0 Å². The fraction of sp³-hybridized carbons (Fsp3) is 1.00. The molecule has 0 radical (unpaired) electrons. The largest absolute Gasteiger partial charge is 0.299 e. The maximum Gasteiger partial charge on any atom is 0.213 e. The zero-order chi connectivity index (χ0) is 9.19. The molecule has 1 fully saturated rings. The fourth-order valence-corrected chi connectivity index (χ4v) is 2.24. The van der Waals surface area contributed by atoms with Gasteiger partial charge in [-0.2, -0.15) is 0 Å². The predicted molar refractivity (Wildman–Crippen MR) is 43.9 cm³/mol. The lowest BCUT2D eigenvalue weighted by Crippen LogP contribution is -2.32. The minimum absolute atomic E-state index is 0.312.